The van der Waals surface area contributed by atoms with Crippen LogP contribution in [0.25, 0.3) is 0 Å². The van der Waals surface area contributed by atoms with Gasteiger partial charge in [-0.05, 0) is 113 Å². The number of rotatable bonds is 12. The van der Waals surface area contributed by atoms with Gasteiger partial charge in [0.15, 0.2) is 0 Å². The summed E-state index contributed by atoms with van der Waals surface area (Å²) >= 11 is 0. The van der Waals surface area contributed by atoms with Crippen molar-refractivity contribution in [1.29, 1.82) is 0 Å². The lowest BCUT2D eigenvalue weighted by molar-refractivity contribution is -0.215. The summed E-state index contributed by atoms with van der Waals surface area (Å²) in [4.78, 5) is 195. The van der Waals surface area contributed by atoms with Gasteiger partial charge in [0.1, 0.15) is 53.9 Å². The van der Waals surface area contributed by atoms with E-state index >= 15 is 43.2 Å². The SMILES string of the molecule is CCO[C@@H]1C[C@H]2C(=O)NC3(CC(C)(C)C3)C(=O)N(C)[C@@H](C(CC)CC)C(=O)N(C)[C@H](C(=O)N(C)C)CC(=O)N(C)[C@H]3CCCCCC4CCC(CC4)C[C@@H](C(=O)N(C)CC(=O)N[C@@H](CCC4CCC(C(F)(F)F)C(OC)C4)C(=O)N2C1)N1CC/C=C\C[C@@H](C1=O)N(C)C(=O)CN(C)C(=O)[C@H]([C@@H](C)CC)NC3=O. The highest BCUT2D eigenvalue weighted by molar-refractivity contribution is 6.01. The minimum Gasteiger partial charge on any atom is -0.381 e. The van der Waals surface area contributed by atoms with Crippen molar-refractivity contribution in [3.63, 3.8) is 0 Å². The van der Waals surface area contributed by atoms with Crippen LogP contribution in [0.15, 0.2) is 12.2 Å². The molecule has 3 aliphatic carbocycles. The maximum Gasteiger partial charge on any atom is 0.394 e. The molecule has 6 heterocycles. The third-order valence-corrected chi connectivity index (χ3v) is 24.8. The minimum absolute atomic E-state index is 0.0105. The number of ether oxygens (including phenoxy) is 2. The number of amides is 12. The van der Waals surface area contributed by atoms with E-state index in [0.29, 0.717) is 57.3 Å². The molecule has 3 saturated carbocycles. The van der Waals surface area contributed by atoms with Gasteiger partial charge in [0.2, 0.25) is 70.9 Å². The minimum atomic E-state index is -4.52. The second kappa shape index (κ2) is 38.1. The summed E-state index contributed by atoms with van der Waals surface area (Å²) in [6.45, 7) is 11.9. The molecule has 0 aromatic rings. The zero-order valence-corrected chi connectivity index (χ0v) is 66.8. The Morgan fingerprint density at radius 3 is 1.88 bits per heavy atom. The second-order valence-corrected chi connectivity index (χ2v) is 33.2. The van der Waals surface area contributed by atoms with Gasteiger partial charge >= 0.3 is 6.18 Å². The van der Waals surface area contributed by atoms with E-state index in [1.165, 1.54) is 108 Å². The molecule has 9 aliphatic rings. The van der Waals surface area contributed by atoms with Gasteiger partial charge < -0.3 is 69.5 Å². The molecule has 0 radical (unpaired) electrons. The van der Waals surface area contributed by atoms with Crippen molar-refractivity contribution in [2.75, 3.05) is 96.3 Å². The number of fused-ring (bicyclic) bond motifs is 22. The van der Waals surface area contributed by atoms with Crippen LogP contribution in [-0.2, 0) is 67.0 Å². The topological polar surface area (TPSA) is 289 Å². The predicted octanol–water partition coefficient (Wildman–Crippen LogP) is 6.32. The van der Waals surface area contributed by atoms with Crippen molar-refractivity contribution in [2.45, 2.75) is 275 Å². The third kappa shape index (κ3) is 21.4. The van der Waals surface area contributed by atoms with Crippen molar-refractivity contribution >= 4 is 70.9 Å². The van der Waals surface area contributed by atoms with Crippen LogP contribution >= 0.6 is 0 Å². The molecule has 3 unspecified atom stereocenters. The summed E-state index contributed by atoms with van der Waals surface area (Å²) in [5, 5.41) is 8.96. The average molecular weight is 1510 g/mol. The third-order valence-electron chi connectivity index (χ3n) is 24.8. The molecule has 107 heavy (non-hydrogen) atoms. The monoisotopic (exact) mass is 1510 g/mol. The molecule has 0 aromatic heterocycles. The Kier molecular flexibility index (Phi) is 31.1. The molecule has 26 nitrogen and oxygen atoms in total. The normalized spacial score (nSPS) is 31.7. The highest BCUT2D eigenvalue weighted by Crippen LogP contribution is 2.50. The first-order chi connectivity index (χ1) is 50.4. The van der Waals surface area contributed by atoms with E-state index in [9.17, 15) is 27.6 Å². The number of likely N-dealkylation sites (N-methyl/N-ethyl adjacent to an activating group) is 7. The van der Waals surface area contributed by atoms with Crippen LogP contribution in [0.4, 0.5) is 13.2 Å². The van der Waals surface area contributed by atoms with E-state index in [2.05, 4.69) is 16.0 Å². The number of hydrogen-bond acceptors (Lipinski definition) is 14. The lowest BCUT2D eigenvalue weighted by Crippen LogP contribution is -2.71. The zero-order valence-electron chi connectivity index (χ0n) is 66.8. The first-order valence-electron chi connectivity index (χ1n) is 39.5. The molecule has 6 bridgehead atoms. The van der Waals surface area contributed by atoms with Crippen LogP contribution in [-0.4, -0.2) is 284 Å². The van der Waals surface area contributed by atoms with E-state index in [1.807, 2.05) is 40.7 Å². The quantitative estimate of drug-likeness (QED) is 0.142. The van der Waals surface area contributed by atoms with Crippen LogP contribution in [0.5, 0.6) is 0 Å². The summed E-state index contributed by atoms with van der Waals surface area (Å²) in [6.07, 6.45) is 4.51. The number of carbonyl (C=O) groups excluding carboxylic acids is 12. The summed E-state index contributed by atoms with van der Waals surface area (Å²) in [5.74, 6) is -10.7. The van der Waals surface area contributed by atoms with Gasteiger partial charge in [-0.25, -0.2) is 0 Å². The van der Waals surface area contributed by atoms with Crippen molar-refractivity contribution in [2.24, 2.45) is 40.9 Å². The lowest BCUT2D eigenvalue weighted by Gasteiger charge is -2.54. The first-order valence-corrected chi connectivity index (χ1v) is 39.5. The molecule has 8 fully saturated rings. The molecule has 1 spiro atoms. The standard InChI is InChI=1S/C78H127F3N12O14/c1-17-48(5)65-73(103)87(11)45-64(96)89(13)57-29-25-22-26-38-92(72(57)102)60-39-50-32-30-49(31-33-50)27-23-21-24-28-56(67(97)83-65)88(12)63(95)42-59(70(100)85(8)9)90(14)74(104)66(52(18-2)19-3)91(15)75(105)77(46-76(6,7)47-77)84-68(98)58-41-53(107-20-4)43-93(58)69(99)55(82-62(94)44-86(10)71(60)101)37-35-51-34-36-54(78(79,80)81)61(40-51)106-16/h22,25,48-61,65-66H,17-21,23-24,26-47H2,1-16H3,(H,82,94)(H,83,97)(H,84,98)/b25-22-/t48-,49?,50?,51?,53+,54?,55-,56-,57-,58-,59-,60-,61?,65-,66-/m0/s1. The van der Waals surface area contributed by atoms with Gasteiger partial charge in [-0.3, -0.25) is 57.5 Å². The number of alkyl halides is 3. The molecular weight excluding hydrogens is 1390 g/mol. The van der Waals surface area contributed by atoms with E-state index < -0.39 is 186 Å². The molecule has 3 N–H and O–H groups in total. The van der Waals surface area contributed by atoms with E-state index in [1.54, 1.807) is 19.9 Å². The van der Waals surface area contributed by atoms with Crippen molar-refractivity contribution in [3.8, 4) is 0 Å². The van der Waals surface area contributed by atoms with E-state index in [-0.39, 0.29) is 102 Å². The fraction of sp³-hybridized carbons (Fsp3) is 0.821. The van der Waals surface area contributed by atoms with Gasteiger partial charge in [0.25, 0.3) is 0 Å². The second-order valence-electron chi connectivity index (χ2n) is 33.2. The molecule has 604 valence electrons. The molecule has 29 heteroatoms. The smallest absolute Gasteiger partial charge is 0.381 e. The zero-order chi connectivity index (χ0) is 79.3. The number of carbonyl (C=O) groups is 12. The Balaban J connectivity index is 1.38. The van der Waals surface area contributed by atoms with Crippen molar-refractivity contribution in [1.82, 2.24) is 60.0 Å². The molecule has 9 rings (SSSR count). The predicted molar refractivity (Wildman–Crippen MR) is 396 cm³/mol. The average Bonchev–Trinajstić information content (AvgIpc) is 1.32. The number of halogens is 3. The molecule has 0 aromatic carbocycles. The lowest BCUT2D eigenvalue weighted by atomic mass is 9.58. The van der Waals surface area contributed by atoms with Crippen molar-refractivity contribution < 1.29 is 80.2 Å². The van der Waals surface area contributed by atoms with Crippen LogP contribution in [0.3, 0.4) is 0 Å². The summed E-state index contributed by atoms with van der Waals surface area (Å²) in [6, 6.07) is -10.2. The molecule has 12 amide bonds. The Labute approximate surface area is 632 Å². The van der Waals surface area contributed by atoms with Crippen molar-refractivity contribution in [3.05, 3.63) is 12.2 Å². The molecule has 13 atom stereocenters. The maximum absolute atomic E-state index is 15.8. The Hall–Kier alpha value is -6.91. The van der Waals surface area contributed by atoms with Crippen LogP contribution in [0, 0.1) is 40.9 Å². The highest BCUT2D eigenvalue weighted by atomic mass is 19.4. The Morgan fingerprint density at radius 1 is 0.636 bits per heavy atom. The molecular formula is C78H127F3N12O14. The van der Waals surface area contributed by atoms with Gasteiger partial charge in [0.05, 0.1) is 37.6 Å². The van der Waals surface area contributed by atoms with Gasteiger partial charge in [-0.15, -0.1) is 0 Å². The van der Waals surface area contributed by atoms with Crippen LogP contribution in [0.2, 0.25) is 0 Å². The first kappa shape index (κ1) is 87.3. The van der Waals surface area contributed by atoms with E-state index in [0.717, 1.165) is 25.7 Å². The van der Waals surface area contributed by atoms with Crippen LogP contribution < -0.4 is 16.0 Å². The van der Waals surface area contributed by atoms with Gasteiger partial charge in [-0.1, -0.05) is 124 Å². The number of nitrogens with zero attached hydrogens (tertiary/aromatic N) is 9. The molecule has 6 aliphatic heterocycles. The van der Waals surface area contributed by atoms with Gasteiger partial charge in [0, 0.05) is 89.6 Å². The molecule has 5 saturated heterocycles. The Bertz CT molecular complexity index is 3170. The van der Waals surface area contributed by atoms with Crippen LogP contribution in [0.1, 0.15) is 203 Å². The Morgan fingerprint density at radius 2 is 1.27 bits per heavy atom. The summed E-state index contributed by atoms with van der Waals surface area (Å²) in [7, 11) is 12.9. The number of hydrogen-bond donors (Lipinski definition) is 3. The fourth-order valence-corrected chi connectivity index (χ4v) is 18.2. The van der Waals surface area contributed by atoms with E-state index in [4.69, 9.17) is 9.47 Å². The number of nitrogens with one attached hydrogen (secondary N) is 3. The number of methoxy groups -OCH3 is 1. The largest absolute Gasteiger partial charge is 0.394 e. The fourth-order valence-electron chi connectivity index (χ4n) is 18.2. The van der Waals surface area contributed by atoms with Gasteiger partial charge in [-0.2, -0.15) is 13.2 Å². The maximum atomic E-state index is 15.8. The summed E-state index contributed by atoms with van der Waals surface area (Å²) in [5.41, 5.74) is -2.20. The summed E-state index contributed by atoms with van der Waals surface area (Å²) < 4.78 is 54.6. The highest BCUT2D eigenvalue weighted by Gasteiger charge is 2.59.